The minimum absolute atomic E-state index is 0.0908. The van der Waals surface area contributed by atoms with E-state index in [9.17, 15) is 0 Å². The molecule has 0 saturated heterocycles. The summed E-state index contributed by atoms with van der Waals surface area (Å²) in [5, 5.41) is 8.63. The molecule has 56 valence electrons. The molecular formula is C9H14O. The van der Waals surface area contributed by atoms with Crippen molar-refractivity contribution in [2.45, 2.75) is 20.8 Å². The molecule has 0 fully saturated rings. The van der Waals surface area contributed by atoms with Gasteiger partial charge in [-0.2, -0.15) is 0 Å². The van der Waals surface area contributed by atoms with Crippen LogP contribution in [0.2, 0.25) is 0 Å². The van der Waals surface area contributed by atoms with Gasteiger partial charge in [-0.15, -0.1) is 0 Å². The third kappa shape index (κ3) is 7.26. The van der Waals surface area contributed by atoms with E-state index in [-0.39, 0.29) is 5.41 Å². The molecule has 0 amide bonds. The highest BCUT2D eigenvalue weighted by atomic mass is 16.2. The third-order valence-electron chi connectivity index (χ3n) is 0.688. The van der Waals surface area contributed by atoms with E-state index in [1.54, 1.807) is 0 Å². The predicted molar refractivity (Wildman–Crippen MR) is 43.5 cm³/mol. The molecule has 0 aliphatic rings. The lowest BCUT2D eigenvalue weighted by molar-refractivity contribution is 0.343. The maximum Gasteiger partial charge on any atom is 0.0621 e. The molecule has 0 aromatic carbocycles. The van der Waals surface area contributed by atoms with Gasteiger partial charge in [-0.25, -0.2) is 0 Å². The first-order valence-electron chi connectivity index (χ1n) is 4.13. The second kappa shape index (κ2) is 4.14. The van der Waals surface area contributed by atoms with Crippen LogP contribution in [0.1, 0.15) is 23.5 Å². The molecule has 0 rings (SSSR count). The topological polar surface area (TPSA) is 20.2 Å². The molecule has 0 heterocycles. The molecule has 1 heteroatoms. The van der Waals surface area contributed by atoms with E-state index >= 15 is 0 Å². The number of allylic oxidation sites excluding steroid dienone is 1. The lowest BCUT2D eigenvalue weighted by Crippen LogP contribution is -1.98. The van der Waals surface area contributed by atoms with Crippen LogP contribution >= 0.6 is 0 Å². The van der Waals surface area contributed by atoms with Crippen LogP contribution in [0.5, 0.6) is 0 Å². The summed E-state index contributed by atoms with van der Waals surface area (Å²) in [5.74, 6) is 5.53. The molecule has 0 bridgehead atoms. The fraction of sp³-hybridized carbons (Fsp3) is 0.556. The zero-order valence-electron chi connectivity index (χ0n) is 8.60. The molecule has 0 aliphatic heterocycles. The van der Waals surface area contributed by atoms with E-state index in [0.717, 1.165) is 6.08 Å². The standard InChI is InChI=1S/C9H14O/c1-9(2,3)7-5-4-6-8-10/h4,6,10H,8H2,1-3H3/b6-4+/i8D2. The van der Waals surface area contributed by atoms with E-state index in [0.29, 0.717) is 0 Å². The lowest BCUT2D eigenvalue weighted by Gasteiger charge is -2.05. The molecule has 10 heavy (non-hydrogen) atoms. The van der Waals surface area contributed by atoms with Gasteiger partial charge in [0, 0.05) is 5.41 Å². The van der Waals surface area contributed by atoms with Crippen LogP contribution in [0, 0.1) is 17.3 Å². The molecular weight excluding hydrogens is 124 g/mol. The maximum atomic E-state index is 8.63. The van der Waals surface area contributed by atoms with Crippen molar-refractivity contribution in [1.29, 1.82) is 0 Å². The summed E-state index contributed by atoms with van der Waals surface area (Å²) >= 11 is 0. The highest BCUT2D eigenvalue weighted by Crippen LogP contribution is 2.09. The second-order valence-electron chi connectivity index (χ2n) is 2.98. The SMILES string of the molecule is [2H]C([2H])(O)/C=C/C#CC(C)(C)C. The van der Waals surface area contributed by atoms with Crippen LogP contribution in [0.3, 0.4) is 0 Å². The molecule has 0 unspecified atom stereocenters. The average Bonchev–Trinajstić information content (AvgIpc) is 1.76. The minimum Gasteiger partial charge on any atom is -0.392 e. The van der Waals surface area contributed by atoms with Gasteiger partial charge in [0.05, 0.1) is 9.30 Å². The molecule has 0 radical (unpaired) electrons. The van der Waals surface area contributed by atoms with Crippen molar-refractivity contribution in [3.05, 3.63) is 12.2 Å². The van der Waals surface area contributed by atoms with Crippen LogP contribution in [-0.2, 0) is 0 Å². The highest BCUT2D eigenvalue weighted by molar-refractivity contribution is 5.18. The van der Waals surface area contributed by atoms with Gasteiger partial charge in [0.1, 0.15) is 0 Å². The van der Waals surface area contributed by atoms with Gasteiger partial charge in [0.25, 0.3) is 0 Å². The highest BCUT2D eigenvalue weighted by Gasteiger charge is 2.01. The number of aliphatic hydroxyl groups is 1. The average molecular weight is 140 g/mol. The van der Waals surface area contributed by atoms with Crippen molar-refractivity contribution in [3.63, 3.8) is 0 Å². The Morgan fingerprint density at radius 3 is 2.60 bits per heavy atom. The van der Waals surface area contributed by atoms with Crippen LogP contribution in [0.25, 0.3) is 0 Å². The van der Waals surface area contributed by atoms with Crippen LogP contribution in [0.15, 0.2) is 12.2 Å². The molecule has 0 atom stereocenters. The zero-order valence-corrected chi connectivity index (χ0v) is 6.60. The zero-order chi connectivity index (χ0) is 9.83. The lowest BCUT2D eigenvalue weighted by atomic mass is 9.98. The predicted octanol–water partition coefficient (Wildman–Crippen LogP) is 1.58. The Bertz CT molecular complexity index is 220. The van der Waals surface area contributed by atoms with Gasteiger partial charge >= 0.3 is 0 Å². The van der Waals surface area contributed by atoms with Gasteiger partial charge in [-0.1, -0.05) is 17.9 Å². The van der Waals surface area contributed by atoms with Gasteiger partial charge in [-0.05, 0) is 26.8 Å². The van der Waals surface area contributed by atoms with Crippen molar-refractivity contribution in [1.82, 2.24) is 0 Å². The Morgan fingerprint density at radius 2 is 2.20 bits per heavy atom. The Kier molecular flexibility index (Phi) is 2.48. The maximum absolute atomic E-state index is 8.63. The summed E-state index contributed by atoms with van der Waals surface area (Å²) in [6.07, 6.45) is 2.34. The Labute approximate surface area is 65.6 Å². The summed E-state index contributed by atoms with van der Waals surface area (Å²) in [4.78, 5) is 0. The van der Waals surface area contributed by atoms with Crippen LogP contribution in [0.4, 0.5) is 0 Å². The third-order valence-corrected chi connectivity index (χ3v) is 0.688. The number of hydrogen-bond donors (Lipinski definition) is 1. The second-order valence-corrected chi connectivity index (χ2v) is 2.98. The smallest absolute Gasteiger partial charge is 0.0621 e. The molecule has 0 aromatic rings. The first-order valence-corrected chi connectivity index (χ1v) is 3.13. The van der Waals surface area contributed by atoms with Gasteiger partial charge < -0.3 is 5.11 Å². The normalized spacial score (nSPS) is 15.6. The van der Waals surface area contributed by atoms with Crippen molar-refractivity contribution in [2.75, 3.05) is 6.56 Å². The Hall–Kier alpha value is -0.740. The van der Waals surface area contributed by atoms with E-state index in [4.69, 9.17) is 7.85 Å². The monoisotopic (exact) mass is 140 g/mol. The fourth-order valence-electron chi connectivity index (χ4n) is 0.337. The summed E-state index contributed by atoms with van der Waals surface area (Å²) < 4.78 is 13.5. The van der Waals surface area contributed by atoms with Gasteiger partial charge in [0.2, 0.25) is 0 Å². The first kappa shape index (κ1) is 6.00. The minimum atomic E-state index is -2.26. The van der Waals surface area contributed by atoms with E-state index in [2.05, 4.69) is 11.8 Å². The first-order chi connectivity index (χ1) is 5.21. The van der Waals surface area contributed by atoms with Crippen molar-refractivity contribution < 1.29 is 7.85 Å². The van der Waals surface area contributed by atoms with Gasteiger partial charge in [0.15, 0.2) is 0 Å². The van der Waals surface area contributed by atoms with Crippen molar-refractivity contribution in [2.24, 2.45) is 5.41 Å². The summed E-state index contributed by atoms with van der Waals surface area (Å²) in [6, 6.07) is 0. The summed E-state index contributed by atoms with van der Waals surface area (Å²) in [6.45, 7) is 3.62. The molecule has 1 nitrogen and oxygen atoms in total. The molecule has 0 spiro atoms. The van der Waals surface area contributed by atoms with Crippen LogP contribution < -0.4 is 0 Å². The van der Waals surface area contributed by atoms with E-state index < -0.39 is 6.56 Å². The van der Waals surface area contributed by atoms with Crippen LogP contribution in [-0.4, -0.2) is 11.7 Å². The Morgan fingerprint density at radius 1 is 1.60 bits per heavy atom. The summed E-state index contributed by atoms with van der Waals surface area (Å²) in [7, 11) is 0. The van der Waals surface area contributed by atoms with Crippen molar-refractivity contribution >= 4 is 0 Å². The molecule has 0 aromatic heterocycles. The number of rotatable bonds is 1. The van der Waals surface area contributed by atoms with Gasteiger partial charge in [-0.3, -0.25) is 0 Å². The number of hydrogen-bond acceptors (Lipinski definition) is 1. The Balaban J connectivity index is 4.13. The largest absolute Gasteiger partial charge is 0.392 e. The quantitative estimate of drug-likeness (QED) is 0.548. The van der Waals surface area contributed by atoms with Crippen molar-refractivity contribution in [3.8, 4) is 11.8 Å². The van der Waals surface area contributed by atoms with E-state index in [1.165, 1.54) is 6.08 Å². The molecule has 0 aliphatic carbocycles. The molecule has 1 N–H and O–H groups in total. The van der Waals surface area contributed by atoms with E-state index in [1.807, 2.05) is 20.8 Å². The molecule has 0 saturated carbocycles. The summed E-state index contributed by atoms with van der Waals surface area (Å²) in [5.41, 5.74) is -0.0908. The fourth-order valence-corrected chi connectivity index (χ4v) is 0.337.